The molecule has 0 radical (unpaired) electrons. The molecule has 108 valence electrons. The molecule has 1 amide bonds. The summed E-state index contributed by atoms with van der Waals surface area (Å²) in [5.41, 5.74) is 1.66. The van der Waals surface area contributed by atoms with Gasteiger partial charge in [-0.05, 0) is 12.8 Å². The number of nitrogens with zero attached hydrogens (tertiary/aromatic N) is 1. The minimum atomic E-state index is -0.235. The molecule has 0 bridgehead atoms. The molecule has 0 fully saturated rings. The first-order valence-electron chi connectivity index (χ1n) is 6.87. The average molecular weight is 278 g/mol. The molecule has 2 N–H and O–H groups in total. The number of fused-ring (bicyclic) bond motifs is 2. The van der Waals surface area contributed by atoms with E-state index in [1.807, 2.05) is 19.1 Å². The number of anilines is 2. The van der Waals surface area contributed by atoms with E-state index in [-0.39, 0.29) is 25.3 Å². The van der Waals surface area contributed by atoms with Crippen LogP contribution in [0.5, 0.6) is 11.5 Å². The third-order valence-corrected chi connectivity index (χ3v) is 3.62. The lowest BCUT2D eigenvalue weighted by molar-refractivity contribution is -0.119. The van der Waals surface area contributed by atoms with Crippen LogP contribution in [0.1, 0.15) is 19.8 Å². The summed E-state index contributed by atoms with van der Waals surface area (Å²) < 4.78 is 10.7. The highest BCUT2D eigenvalue weighted by Crippen LogP contribution is 2.43. The van der Waals surface area contributed by atoms with Crippen LogP contribution in [0.4, 0.5) is 11.4 Å². The van der Waals surface area contributed by atoms with Gasteiger partial charge in [0, 0.05) is 25.3 Å². The summed E-state index contributed by atoms with van der Waals surface area (Å²) in [6, 6.07) is 3.46. The van der Waals surface area contributed by atoms with Gasteiger partial charge in [-0.1, -0.05) is 6.92 Å². The van der Waals surface area contributed by atoms with Crippen LogP contribution in [0.3, 0.4) is 0 Å². The summed E-state index contributed by atoms with van der Waals surface area (Å²) in [4.78, 5) is 14.2. The van der Waals surface area contributed by atoms with Gasteiger partial charge in [-0.2, -0.15) is 0 Å². The Kier molecular flexibility index (Phi) is 3.40. The van der Waals surface area contributed by atoms with Crippen molar-refractivity contribution in [1.82, 2.24) is 0 Å². The molecule has 20 heavy (non-hydrogen) atoms. The fraction of sp³-hybridized carbons (Fsp3) is 0.500. The number of rotatable bonds is 4. The van der Waals surface area contributed by atoms with Crippen LogP contribution in [-0.4, -0.2) is 37.0 Å². The van der Waals surface area contributed by atoms with Crippen LogP contribution in [0.2, 0.25) is 0 Å². The predicted octanol–water partition coefficient (Wildman–Crippen LogP) is 1.33. The largest absolute Gasteiger partial charge is 0.454 e. The lowest BCUT2D eigenvalue weighted by atomic mass is 10.1. The molecule has 0 spiro atoms. The van der Waals surface area contributed by atoms with Gasteiger partial charge < -0.3 is 24.8 Å². The van der Waals surface area contributed by atoms with E-state index in [1.165, 1.54) is 0 Å². The molecule has 6 nitrogen and oxygen atoms in total. The van der Waals surface area contributed by atoms with E-state index in [4.69, 9.17) is 14.6 Å². The van der Waals surface area contributed by atoms with Crippen LogP contribution in [0, 0.1) is 0 Å². The summed E-state index contributed by atoms with van der Waals surface area (Å²) >= 11 is 0. The SMILES string of the molecule is CCC1Nc2cc3c(cc2N(CCCO)C1=O)OCO3. The van der Waals surface area contributed by atoms with Crippen LogP contribution in [0.15, 0.2) is 12.1 Å². The van der Waals surface area contributed by atoms with Crippen molar-refractivity contribution in [3.63, 3.8) is 0 Å². The summed E-state index contributed by atoms with van der Waals surface area (Å²) in [6.07, 6.45) is 1.26. The Morgan fingerprint density at radius 3 is 2.85 bits per heavy atom. The average Bonchev–Trinajstić information content (AvgIpc) is 2.91. The molecule has 1 aromatic carbocycles. The molecule has 2 aliphatic heterocycles. The van der Waals surface area contributed by atoms with Crippen LogP contribution in [-0.2, 0) is 4.79 Å². The topological polar surface area (TPSA) is 71.0 Å². The first-order valence-corrected chi connectivity index (χ1v) is 6.87. The monoisotopic (exact) mass is 278 g/mol. The second-order valence-corrected chi connectivity index (χ2v) is 4.89. The first kappa shape index (κ1) is 13.1. The van der Waals surface area contributed by atoms with Crippen molar-refractivity contribution < 1.29 is 19.4 Å². The molecule has 1 aromatic rings. The van der Waals surface area contributed by atoms with E-state index < -0.39 is 0 Å². The number of carbonyl (C=O) groups excluding carboxylic acids is 1. The van der Waals surface area contributed by atoms with Crippen molar-refractivity contribution in [2.75, 3.05) is 30.2 Å². The third kappa shape index (κ3) is 2.06. The van der Waals surface area contributed by atoms with Gasteiger partial charge in [0.25, 0.3) is 0 Å². The normalized spacial score (nSPS) is 19.8. The molecule has 0 aliphatic carbocycles. The second-order valence-electron chi connectivity index (χ2n) is 4.89. The number of aliphatic hydroxyl groups excluding tert-OH is 1. The lowest BCUT2D eigenvalue weighted by Gasteiger charge is -2.35. The highest BCUT2D eigenvalue weighted by molar-refractivity contribution is 6.05. The Hall–Kier alpha value is -1.95. The van der Waals surface area contributed by atoms with Crippen molar-refractivity contribution >= 4 is 17.3 Å². The fourth-order valence-corrected chi connectivity index (χ4v) is 2.56. The molecule has 3 rings (SSSR count). The van der Waals surface area contributed by atoms with Gasteiger partial charge in [0.15, 0.2) is 11.5 Å². The van der Waals surface area contributed by atoms with Crippen molar-refractivity contribution in [2.45, 2.75) is 25.8 Å². The Balaban J connectivity index is 2.00. The molecule has 0 saturated heterocycles. The van der Waals surface area contributed by atoms with E-state index in [0.717, 1.165) is 11.4 Å². The number of aliphatic hydroxyl groups is 1. The minimum absolute atomic E-state index is 0.0346. The molecule has 1 atom stereocenters. The standard InChI is InChI=1S/C14H18N2O4/c1-2-9-14(18)16(4-3-5-17)11-7-13-12(19-8-20-13)6-10(11)15-9/h6-7,9,15,17H,2-5,8H2,1H3. The lowest BCUT2D eigenvalue weighted by Crippen LogP contribution is -2.47. The summed E-state index contributed by atoms with van der Waals surface area (Å²) in [7, 11) is 0. The molecule has 0 aromatic heterocycles. The van der Waals surface area contributed by atoms with Crippen molar-refractivity contribution in [2.24, 2.45) is 0 Å². The zero-order valence-corrected chi connectivity index (χ0v) is 11.4. The van der Waals surface area contributed by atoms with E-state index in [9.17, 15) is 4.79 Å². The number of benzene rings is 1. The molecule has 2 heterocycles. The molecule has 0 saturated carbocycles. The van der Waals surface area contributed by atoms with Crippen molar-refractivity contribution in [1.29, 1.82) is 0 Å². The maximum absolute atomic E-state index is 12.4. The van der Waals surface area contributed by atoms with Gasteiger partial charge in [-0.15, -0.1) is 0 Å². The Bertz CT molecular complexity index is 532. The number of hydrogen-bond acceptors (Lipinski definition) is 5. The van der Waals surface area contributed by atoms with Gasteiger partial charge in [0.2, 0.25) is 12.7 Å². The molecule has 2 aliphatic rings. The first-order chi connectivity index (χ1) is 9.74. The number of nitrogens with one attached hydrogen (secondary N) is 1. The smallest absolute Gasteiger partial charge is 0.249 e. The Labute approximate surface area is 117 Å². The van der Waals surface area contributed by atoms with Gasteiger partial charge in [-0.25, -0.2) is 0 Å². The van der Waals surface area contributed by atoms with Gasteiger partial charge in [0.1, 0.15) is 6.04 Å². The molecular formula is C14H18N2O4. The third-order valence-electron chi connectivity index (χ3n) is 3.62. The van der Waals surface area contributed by atoms with Crippen LogP contribution < -0.4 is 19.7 Å². The highest BCUT2D eigenvalue weighted by Gasteiger charge is 2.33. The van der Waals surface area contributed by atoms with Gasteiger partial charge in [-0.3, -0.25) is 4.79 Å². The summed E-state index contributed by atoms with van der Waals surface area (Å²) in [6.45, 7) is 2.74. The quantitative estimate of drug-likeness (QED) is 0.869. The fourth-order valence-electron chi connectivity index (χ4n) is 2.56. The summed E-state index contributed by atoms with van der Waals surface area (Å²) in [5, 5.41) is 12.3. The predicted molar refractivity (Wildman–Crippen MR) is 74.3 cm³/mol. The van der Waals surface area contributed by atoms with Crippen LogP contribution in [0.25, 0.3) is 0 Å². The maximum atomic E-state index is 12.4. The van der Waals surface area contributed by atoms with Gasteiger partial charge in [0.05, 0.1) is 11.4 Å². The summed E-state index contributed by atoms with van der Waals surface area (Å²) in [5.74, 6) is 1.39. The zero-order chi connectivity index (χ0) is 14.1. The molecule has 6 heteroatoms. The molecular weight excluding hydrogens is 260 g/mol. The van der Waals surface area contributed by atoms with Crippen LogP contribution >= 0.6 is 0 Å². The maximum Gasteiger partial charge on any atom is 0.249 e. The van der Waals surface area contributed by atoms with E-state index in [1.54, 1.807) is 4.90 Å². The van der Waals surface area contributed by atoms with E-state index in [2.05, 4.69) is 5.32 Å². The number of carbonyl (C=O) groups is 1. The number of amides is 1. The Morgan fingerprint density at radius 2 is 2.15 bits per heavy atom. The van der Waals surface area contributed by atoms with E-state index >= 15 is 0 Å². The van der Waals surface area contributed by atoms with Crippen molar-refractivity contribution in [3.8, 4) is 11.5 Å². The Morgan fingerprint density at radius 1 is 1.40 bits per heavy atom. The second kappa shape index (κ2) is 5.20. The number of ether oxygens (including phenoxy) is 2. The van der Waals surface area contributed by atoms with E-state index in [0.29, 0.717) is 30.9 Å². The van der Waals surface area contributed by atoms with Gasteiger partial charge >= 0.3 is 0 Å². The minimum Gasteiger partial charge on any atom is -0.454 e. The van der Waals surface area contributed by atoms with Crippen molar-refractivity contribution in [3.05, 3.63) is 12.1 Å². The number of hydrogen-bond donors (Lipinski definition) is 2. The highest BCUT2D eigenvalue weighted by atomic mass is 16.7. The zero-order valence-electron chi connectivity index (χ0n) is 11.4. The molecule has 1 unspecified atom stereocenters.